The summed E-state index contributed by atoms with van der Waals surface area (Å²) in [4.78, 5) is 4.82. The minimum Gasteiger partial charge on any atom is -0.456 e. The minimum absolute atomic E-state index is 0.0340. The summed E-state index contributed by atoms with van der Waals surface area (Å²) in [7, 11) is 0. The van der Waals surface area contributed by atoms with Crippen LogP contribution >= 0.6 is 0 Å². The van der Waals surface area contributed by atoms with E-state index in [1.165, 1.54) is 11.1 Å². The first-order chi connectivity index (χ1) is 26.5. The fourth-order valence-electron chi connectivity index (χ4n) is 9.14. The van der Waals surface area contributed by atoms with E-state index in [-0.39, 0.29) is 16.2 Å². The van der Waals surface area contributed by atoms with Crippen LogP contribution in [0.1, 0.15) is 52.7 Å². The van der Waals surface area contributed by atoms with Crippen molar-refractivity contribution in [3.63, 3.8) is 0 Å². The Morgan fingerprint density at radius 3 is 1.13 bits per heavy atom. The number of hydrogen-bond acceptors (Lipinski definition) is 4. The number of nitrogens with zero attached hydrogens (tertiary/aromatic N) is 2. The Balaban J connectivity index is 1.30. The third-order valence-electron chi connectivity index (χ3n) is 13.3. The van der Waals surface area contributed by atoms with Crippen LogP contribution in [0.4, 0.5) is 34.1 Å². The molecule has 10 rings (SSSR count). The topological polar surface area (TPSA) is 32.8 Å². The quantitative estimate of drug-likeness (QED) is 0.171. The summed E-state index contributed by atoms with van der Waals surface area (Å²) in [6.45, 7) is 14.5. The normalized spacial score (nSPS) is 15.5. The molecule has 0 bridgehead atoms. The van der Waals surface area contributed by atoms with E-state index >= 15 is 0 Å². The van der Waals surface area contributed by atoms with E-state index in [0.717, 1.165) is 78.0 Å². The van der Waals surface area contributed by atoms with Gasteiger partial charge in [0.05, 0.1) is 11.4 Å². The number of para-hydroxylation sites is 4. The molecule has 0 N–H and O–H groups in total. The highest BCUT2D eigenvalue weighted by Gasteiger charge is 2.57. The number of benzene rings is 7. The second kappa shape index (κ2) is 11.9. The Morgan fingerprint density at radius 1 is 0.345 bits per heavy atom. The highest BCUT2D eigenvalue weighted by atomic mass is 16.3. The molecule has 0 saturated heterocycles. The molecule has 0 fully saturated rings. The molecule has 0 spiro atoms. The first-order valence-electron chi connectivity index (χ1n) is 19.3. The summed E-state index contributed by atoms with van der Waals surface area (Å²) < 4.78 is 13.0. The molecule has 9 aromatic rings. The number of hydrogen-bond donors (Lipinski definition) is 0. The van der Waals surface area contributed by atoms with Gasteiger partial charge in [-0.15, -0.1) is 0 Å². The smallest absolute Gasteiger partial charge is 0.137 e. The summed E-state index contributed by atoms with van der Waals surface area (Å²) in [5.41, 5.74) is 12.3. The molecule has 1 aliphatic rings. The number of anilines is 6. The number of fused-ring (bicyclic) bond motifs is 7. The molecule has 0 unspecified atom stereocenters. The van der Waals surface area contributed by atoms with Crippen LogP contribution in [-0.2, 0) is 10.8 Å². The van der Waals surface area contributed by atoms with Crippen molar-refractivity contribution in [3.8, 4) is 0 Å². The van der Waals surface area contributed by atoms with E-state index in [1.807, 2.05) is 24.3 Å². The SMILES string of the molecule is CC1(C)c2cc(N(c3ccccc3)c3ccc4c(c3)oc3ccccc34)c(N(c3ccccc3)c3ccc4c(c3)oc3ccccc34)cc2C(C)(C)C1(C)C. The van der Waals surface area contributed by atoms with Gasteiger partial charge in [0.2, 0.25) is 0 Å². The lowest BCUT2D eigenvalue weighted by Gasteiger charge is -2.44. The second-order valence-corrected chi connectivity index (χ2v) is 16.7. The van der Waals surface area contributed by atoms with Crippen molar-refractivity contribution in [1.29, 1.82) is 0 Å². The van der Waals surface area contributed by atoms with Gasteiger partial charge in [-0.3, -0.25) is 0 Å². The van der Waals surface area contributed by atoms with Gasteiger partial charge in [0.1, 0.15) is 22.3 Å². The predicted octanol–water partition coefficient (Wildman–Crippen LogP) is 15.0. The molecule has 4 heteroatoms. The van der Waals surface area contributed by atoms with Crippen LogP contribution in [0, 0.1) is 5.41 Å². The van der Waals surface area contributed by atoms with Gasteiger partial charge in [-0.2, -0.15) is 0 Å². The molecular formula is C51H44N2O2. The first-order valence-corrected chi connectivity index (χ1v) is 19.3. The summed E-state index contributed by atoms with van der Waals surface area (Å²) in [6.07, 6.45) is 0. The van der Waals surface area contributed by atoms with Gasteiger partial charge in [-0.25, -0.2) is 0 Å². The van der Waals surface area contributed by atoms with E-state index in [2.05, 4.69) is 185 Å². The maximum Gasteiger partial charge on any atom is 0.137 e. The lowest BCUT2D eigenvalue weighted by molar-refractivity contribution is 0.125. The Kier molecular flexibility index (Phi) is 7.19. The van der Waals surface area contributed by atoms with Crippen molar-refractivity contribution in [2.45, 2.75) is 52.4 Å². The molecule has 4 nitrogen and oxygen atoms in total. The Hall–Kier alpha value is -6.26. The summed E-state index contributed by atoms with van der Waals surface area (Å²) >= 11 is 0. The molecule has 0 saturated carbocycles. The Bertz CT molecular complexity index is 2720. The van der Waals surface area contributed by atoms with Crippen molar-refractivity contribution in [1.82, 2.24) is 0 Å². The minimum atomic E-state index is -0.116. The molecule has 0 atom stereocenters. The van der Waals surface area contributed by atoms with Crippen molar-refractivity contribution >= 4 is 78.0 Å². The van der Waals surface area contributed by atoms with E-state index in [0.29, 0.717) is 0 Å². The predicted molar refractivity (Wildman–Crippen MR) is 230 cm³/mol. The van der Waals surface area contributed by atoms with E-state index in [4.69, 9.17) is 8.83 Å². The lowest BCUT2D eigenvalue weighted by Crippen LogP contribution is -2.42. The maximum absolute atomic E-state index is 6.51. The van der Waals surface area contributed by atoms with Crippen LogP contribution in [0.5, 0.6) is 0 Å². The zero-order valence-electron chi connectivity index (χ0n) is 32.2. The van der Waals surface area contributed by atoms with Crippen LogP contribution in [-0.4, -0.2) is 0 Å². The van der Waals surface area contributed by atoms with Gasteiger partial charge in [-0.05, 0) is 100 Å². The van der Waals surface area contributed by atoms with Gasteiger partial charge in [0.25, 0.3) is 0 Å². The first kappa shape index (κ1) is 33.3. The van der Waals surface area contributed by atoms with Crippen LogP contribution in [0.15, 0.2) is 167 Å². The fourth-order valence-corrected chi connectivity index (χ4v) is 9.14. The maximum atomic E-state index is 6.51. The standard InChI is InChI=1S/C51H44N2O2/c1-49(2)41-31-43(52(33-17-9-7-10-18-33)35-25-27-39-37-21-13-15-23-45(37)54-47(39)29-35)44(32-42(41)50(3,4)51(49,5)6)53(34-19-11-8-12-20-34)36-26-28-40-38-22-14-16-24-46(38)55-48(40)30-36/h7-32H,1-6H3. The highest BCUT2D eigenvalue weighted by Crippen LogP contribution is 2.64. The largest absolute Gasteiger partial charge is 0.456 e. The van der Waals surface area contributed by atoms with Crippen LogP contribution in [0.25, 0.3) is 43.9 Å². The summed E-state index contributed by atoms with van der Waals surface area (Å²) in [5.74, 6) is 0. The average molecular weight is 717 g/mol. The van der Waals surface area contributed by atoms with Gasteiger partial charge < -0.3 is 18.6 Å². The lowest BCUT2D eigenvalue weighted by atomic mass is 9.59. The monoisotopic (exact) mass is 716 g/mol. The number of furan rings is 2. The molecule has 0 aliphatic heterocycles. The average Bonchev–Trinajstić information content (AvgIpc) is 3.79. The van der Waals surface area contributed by atoms with Crippen LogP contribution in [0.2, 0.25) is 0 Å². The Labute approximate surface area is 322 Å². The van der Waals surface area contributed by atoms with Gasteiger partial charge in [0.15, 0.2) is 0 Å². The van der Waals surface area contributed by atoms with E-state index in [9.17, 15) is 0 Å². The van der Waals surface area contributed by atoms with Gasteiger partial charge in [-0.1, -0.05) is 114 Å². The third kappa shape index (κ3) is 4.83. The van der Waals surface area contributed by atoms with E-state index in [1.54, 1.807) is 0 Å². The molecule has 7 aromatic carbocycles. The third-order valence-corrected chi connectivity index (χ3v) is 13.3. The van der Waals surface area contributed by atoms with Crippen LogP contribution in [0.3, 0.4) is 0 Å². The van der Waals surface area contributed by atoms with Gasteiger partial charge >= 0.3 is 0 Å². The van der Waals surface area contributed by atoms with Gasteiger partial charge in [0, 0.05) is 56.4 Å². The summed E-state index contributed by atoms with van der Waals surface area (Å²) in [6, 6.07) is 56.3. The molecule has 0 radical (unpaired) electrons. The molecule has 2 aromatic heterocycles. The molecule has 0 amide bonds. The zero-order chi connectivity index (χ0) is 37.7. The molecule has 1 aliphatic carbocycles. The van der Waals surface area contributed by atoms with Crippen LogP contribution < -0.4 is 9.80 Å². The van der Waals surface area contributed by atoms with Crippen molar-refractivity contribution in [3.05, 3.63) is 169 Å². The fraction of sp³-hybridized carbons (Fsp3) is 0.176. The second-order valence-electron chi connectivity index (χ2n) is 16.7. The van der Waals surface area contributed by atoms with Crippen molar-refractivity contribution in [2.24, 2.45) is 5.41 Å². The molecule has 55 heavy (non-hydrogen) atoms. The van der Waals surface area contributed by atoms with Crippen molar-refractivity contribution < 1.29 is 8.83 Å². The van der Waals surface area contributed by atoms with Crippen molar-refractivity contribution in [2.75, 3.05) is 9.80 Å². The molecule has 270 valence electrons. The zero-order valence-corrected chi connectivity index (χ0v) is 32.2. The highest BCUT2D eigenvalue weighted by molar-refractivity contribution is 6.08. The summed E-state index contributed by atoms with van der Waals surface area (Å²) in [5, 5.41) is 4.46. The molecule has 2 heterocycles. The number of rotatable bonds is 6. The molecular weight excluding hydrogens is 673 g/mol. The van der Waals surface area contributed by atoms with E-state index < -0.39 is 0 Å². The Morgan fingerprint density at radius 2 is 0.709 bits per heavy atom.